The Hall–Kier alpha value is -3.35. The molecule has 0 saturated carbocycles. The predicted molar refractivity (Wildman–Crippen MR) is 94.7 cm³/mol. The number of methoxy groups -OCH3 is 1. The van der Waals surface area contributed by atoms with Crippen LogP contribution < -0.4 is 14.8 Å². The van der Waals surface area contributed by atoms with Crippen molar-refractivity contribution in [1.29, 1.82) is 0 Å². The molecule has 26 heavy (non-hydrogen) atoms. The molecule has 134 valence electrons. The van der Waals surface area contributed by atoms with Crippen LogP contribution in [0.25, 0.3) is 11.4 Å². The number of hydrogen-bond acceptors (Lipinski definition) is 6. The van der Waals surface area contributed by atoms with E-state index in [0.29, 0.717) is 23.2 Å². The van der Waals surface area contributed by atoms with Crippen molar-refractivity contribution in [3.63, 3.8) is 0 Å². The van der Waals surface area contributed by atoms with E-state index in [2.05, 4.69) is 15.5 Å². The topological polar surface area (TPSA) is 86.5 Å². The molecule has 2 aromatic carbocycles. The summed E-state index contributed by atoms with van der Waals surface area (Å²) in [6, 6.07) is 16.6. The Bertz CT molecular complexity index is 864. The first kappa shape index (κ1) is 17.5. The zero-order valence-electron chi connectivity index (χ0n) is 14.5. The van der Waals surface area contributed by atoms with Gasteiger partial charge in [0.2, 0.25) is 11.7 Å². The standard InChI is InChI=1S/C19H19N3O4/c1-13(25-16-11-7-6-10-15(16)24-2)19(23)20-12-17-21-18(22-26-17)14-8-4-3-5-9-14/h3-11,13H,12H2,1-2H3,(H,20,23)/t13-/m1/s1. The molecule has 0 aliphatic carbocycles. The summed E-state index contributed by atoms with van der Waals surface area (Å²) in [5.41, 5.74) is 0.849. The van der Waals surface area contributed by atoms with Crippen LogP contribution in [0.3, 0.4) is 0 Å². The van der Waals surface area contributed by atoms with Crippen LogP contribution in [0.1, 0.15) is 12.8 Å². The number of ether oxygens (including phenoxy) is 2. The zero-order chi connectivity index (χ0) is 18.4. The maximum absolute atomic E-state index is 12.2. The van der Waals surface area contributed by atoms with E-state index in [0.717, 1.165) is 5.56 Å². The summed E-state index contributed by atoms with van der Waals surface area (Å²) in [6.07, 6.45) is -0.706. The number of para-hydroxylation sites is 2. The third kappa shape index (κ3) is 4.18. The van der Waals surface area contributed by atoms with Gasteiger partial charge in [-0.15, -0.1) is 0 Å². The number of nitrogens with zero attached hydrogens (tertiary/aromatic N) is 2. The average Bonchev–Trinajstić information content (AvgIpc) is 3.16. The largest absolute Gasteiger partial charge is 0.493 e. The molecule has 1 N–H and O–H groups in total. The molecule has 0 unspecified atom stereocenters. The Balaban J connectivity index is 1.56. The van der Waals surface area contributed by atoms with Crippen LogP contribution in [-0.4, -0.2) is 29.3 Å². The first-order valence-corrected chi connectivity index (χ1v) is 8.13. The number of nitrogens with one attached hydrogen (secondary N) is 1. The molecule has 1 atom stereocenters. The van der Waals surface area contributed by atoms with E-state index in [-0.39, 0.29) is 12.5 Å². The quantitative estimate of drug-likeness (QED) is 0.703. The molecule has 1 amide bonds. The molecule has 1 heterocycles. The SMILES string of the molecule is COc1ccccc1O[C@H](C)C(=O)NCc1nc(-c2ccccc2)no1. The second kappa shape index (κ2) is 8.15. The lowest BCUT2D eigenvalue weighted by Crippen LogP contribution is -2.36. The summed E-state index contributed by atoms with van der Waals surface area (Å²) >= 11 is 0. The van der Waals surface area contributed by atoms with E-state index < -0.39 is 6.10 Å². The first-order valence-electron chi connectivity index (χ1n) is 8.13. The number of carbonyl (C=O) groups excluding carboxylic acids is 1. The molecule has 7 heteroatoms. The van der Waals surface area contributed by atoms with Crippen LogP contribution in [0.4, 0.5) is 0 Å². The zero-order valence-corrected chi connectivity index (χ0v) is 14.5. The Morgan fingerprint density at radius 2 is 1.81 bits per heavy atom. The summed E-state index contributed by atoms with van der Waals surface area (Å²) in [7, 11) is 1.55. The second-order valence-corrected chi connectivity index (χ2v) is 5.51. The molecule has 3 rings (SSSR count). The van der Waals surface area contributed by atoms with Crippen molar-refractivity contribution in [2.24, 2.45) is 0 Å². The Morgan fingerprint density at radius 3 is 2.54 bits per heavy atom. The van der Waals surface area contributed by atoms with E-state index >= 15 is 0 Å². The van der Waals surface area contributed by atoms with Gasteiger partial charge in [-0.05, 0) is 19.1 Å². The van der Waals surface area contributed by atoms with Gasteiger partial charge in [-0.3, -0.25) is 4.79 Å². The normalized spacial score (nSPS) is 11.6. The monoisotopic (exact) mass is 353 g/mol. The van der Waals surface area contributed by atoms with Crippen LogP contribution in [0.15, 0.2) is 59.1 Å². The van der Waals surface area contributed by atoms with Gasteiger partial charge in [0.05, 0.1) is 13.7 Å². The van der Waals surface area contributed by atoms with Crippen LogP contribution in [0.2, 0.25) is 0 Å². The third-order valence-electron chi connectivity index (χ3n) is 3.66. The smallest absolute Gasteiger partial charge is 0.261 e. The number of hydrogen-bond donors (Lipinski definition) is 1. The summed E-state index contributed by atoms with van der Waals surface area (Å²) in [5.74, 6) is 1.57. The molecule has 0 radical (unpaired) electrons. The number of amides is 1. The van der Waals surface area contributed by atoms with Crippen molar-refractivity contribution < 1.29 is 18.8 Å². The Morgan fingerprint density at radius 1 is 1.12 bits per heavy atom. The molecule has 3 aromatic rings. The van der Waals surface area contributed by atoms with Gasteiger partial charge < -0.3 is 19.3 Å². The second-order valence-electron chi connectivity index (χ2n) is 5.51. The molecule has 0 aliphatic heterocycles. The highest BCUT2D eigenvalue weighted by Gasteiger charge is 2.17. The highest BCUT2D eigenvalue weighted by molar-refractivity contribution is 5.80. The Kier molecular flexibility index (Phi) is 5.48. The maximum Gasteiger partial charge on any atom is 0.261 e. The molecule has 0 bridgehead atoms. The van der Waals surface area contributed by atoms with Crippen LogP contribution >= 0.6 is 0 Å². The fourth-order valence-corrected chi connectivity index (χ4v) is 2.30. The van der Waals surface area contributed by atoms with Crippen molar-refractivity contribution in [2.75, 3.05) is 7.11 Å². The summed E-state index contributed by atoms with van der Waals surface area (Å²) in [4.78, 5) is 16.5. The Labute approximate surface area is 150 Å². The average molecular weight is 353 g/mol. The summed E-state index contributed by atoms with van der Waals surface area (Å²) < 4.78 is 16.0. The molecule has 0 aliphatic rings. The van der Waals surface area contributed by atoms with Gasteiger partial charge in [0.25, 0.3) is 5.91 Å². The fourth-order valence-electron chi connectivity index (χ4n) is 2.30. The first-order chi connectivity index (χ1) is 12.7. The van der Waals surface area contributed by atoms with Gasteiger partial charge in [0.1, 0.15) is 0 Å². The maximum atomic E-state index is 12.2. The number of carbonyl (C=O) groups is 1. The van der Waals surface area contributed by atoms with E-state index in [4.69, 9.17) is 14.0 Å². The molecule has 0 saturated heterocycles. The van der Waals surface area contributed by atoms with Gasteiger partial charge in [0, 0.05) is 5.56 Å². The molecule has 1 aromatic heterocycles. The van der Waals surface area contributed by atoms with Gasteiger partial charge in [-0.2, -0.15) is 4.98 Å². The van der Waals surface area contributed by atoms with Gasteiger partial charge >= 0.3 is 0 Å². The molecule has 7 nitrogen and oxygen atoms in total. The van der Waals surface area contributed by atoms with Crippen LogP contribution in [0.5, 0.6) is 11.5 Å². The van der Waals surface area contributed by atoms with Crippen LogP contribution in [0, 0.1) is 0 Å². The lowest BCUT2D eigenvalue weighted by Gasteiger charge is -2.16. The van der Waals surface area contributed by atoms with Crippen LogP contribution in [-0.2, 0) is 11.3 Å². The highest BCUT2D eigenvalue weighted by atomic mass is 16.5. The third-order valence-corrected chi connectivity index (χ3v) is 3.66. The van der Waals surface area contributed by atoms with E-state index in [9.17, 15) is 4.79 Å². The predicted octanol–water partition coefficient (Wildman–Crippen LogP) is 2.83. The van der Waals surface area contributed by atoms with Crippen molar-refractivity contribution in [1.82, 2.24) is 15.5 Å². The minimum atomic E-state index is -0.706. The minimum Gasteiger partial charge on any atom is -0.493 e. The van der Waals surface area contributed by atoms with E-state index in [1.54, 1.807) is 26.2 Å². The summed E-state index contributed by atoms with van der Waals surface area (Å²) in [5, 5.41) is 6.63. The lowest BCUT2D eigenvalue weighted by atomic mass is 10.2. The fraction of sp³-hybridized carbons (Fsp3) is 0.211. The van der Waals surface area contributed by atoms with E-state index in [1.807, 2.05) is 42.5 Å². The number of aromatic nitrogens is 2. The van der Waals surface area contributed by atoms with E-state index in [1.165, 1.54) is 0 Å². The highest BCUT2D eigenvalue weighted by Crippen LogP contribution is 2.26. The van der Waals surface area contributed by atoms with Crippen molar-refractivity contribution >= 4 is 5.91 Å². The molecule has 0 fully saturated rings. The van der Waals surface area contributed by atoms with Crippen molar-refractivity contribution in [3.8, 4) is 22.9 Å². The van der Waals surface area contributed by atoms with Crippen molar-refractivity contribution in [2.45, 2.75) is 19.6 Å². The number of benzene rings is 2. The van der Waals surface area contributed by atoms with Gasteiger partial charge in [-0.1, -0.05) is 47.6 Å². The number of rotatable bonds is 7. The van der Waals surface area contributed by atoms with Gasteiger partial charge in [-0.25, -0.2) is 0 Å². The molecular weight excluding hydrogens is 334 g/mol. The molecular formula is C19H19N3O4. The van der Waals surface area contributed by atoms with Crippen molar-refractivity contribution in [3.05, 3.63) is 60.5 Å². The molecule has 0 spiro atoms. The minimum absolute atomic E-state index is 0.123. The van der Waals surface area contributed by atoms with Gasteiger partial charge in [0.15, 0.2) is 17.6 Å². The summed E-state index contributed by atoms with van der Waals surface area (Å²) in [6.45, 7) is 1.78. The lowest BCUT2D eigenvalue weighted by molar-refractivity contribution is -0.127.